The number of nitrogens with two attached hydrogens (primary N) is 1. The van der Waals surface area contributed by atoms with E-state index in [1.807, 2.05) is 6.07 Å². The van der Waals surface area contributed by atoms with Crippen LogP contribution in [-0.4, -0.2) is 6.61 Å². The average Bonchev–Trinajstić information content (AvgIpc) is 2.48. The molecule has 1 aliphatic rings. The molecule has 0 saturated heterocycles. The fraction of sp³-hybridized carbons (Fsp3) is 0.400. The molecule has 0 radical (unpaired) electrons. The van der Waals surface area contributed by atoms with Crippen molar-refractivity contribution in [1.29, 1.82) is 0 Å². The van der Waals surface area contributed by atoms with Crippen LogP contribution in [0.3, 0.4) is 0 Å². The molecule has 1 atom stereocenters. The SMILES string of the molecule is C[C@H](N)c1cc2c(cc1F)OCC2. The van der Waals surface area contributed by atoms with Gasteiger partial charge in [-0.2, -0.15) is 0 Å². The zero-order chi connectivity index (χ0) is 9.42. The van der Waals surface area contributed by atoms with Gasteiger partial charge in [-0.3, -0.25) is 0 Å². The lowest BCUT2D eigenvalue weighted by Gasteiger charge is -2.08. The molecular weight excluding hydrogens is 169 g/mol. The first-order chi connectivity index (χ1) is 6.18. The lowest BCUT2D eigenvalue weighted by molar-refractivity contribution is 0.355. The number of hydrogen-bond donors (Lipinski definition) is 1. The third kappa shape index (κ3) is 1.40. The van der Waals surface area contributed by atoms with Gasteiger partial charge in [0.05, 0.1) is 6.61 Å². The highest BCUT2D eigenvalue weighted by atomic mass is 19.1. The van der Waals surface area contributed by atoms with Gasteiger partial charge in [0.15, 0.2) is 0 Å². The molecule has 70 valence electrons. The van der Waals surface area contributed by atoms with E-state index in [1.165, 1.54) is 6.07 Å². The summed E-state index contributed by atoms with van der Waals surface area (Å²) < 4.78 is 18.6. The Bertz CT molecular complexity index is 336. The van der Waals surface area contributed by atoms with Crippen LogP contribution in [0.25, 0.3) is 0 Å². The third-order valence-corrected chi connectivity index (χ3v) is 2.30. The van der Waals surface area contributed by atoms with E-state index in [2.05, 4.69) is 0 Å². The van der Waals surface area contributed by atoms with Gasteiger partial charge in [-0.25, -0.2) is 4.39 Å². The van der Waals surface area contributed by atoms with Crippen molar-refractivity contribution in [1.82, 2.24) is 0 Å². The van der Waals surface area contributed by atoms with Gasteiger partial charge in [0.1, 0.15) is 11.6 Å². The normalized spacial score (nSPS) is 16.5. The van der Waals surface area contributed by atoms with E-state index < -0.39 is 0 Å². The van der Waals surface area contributed by atoms with E-state index >= 15 is 0 Å². The van der Waals surface area contributed by atoms with E-state index in [0.29, 0.717) is 17.9 Å². The molecule has 0 spiro atoms. The van der Waals surface area contributed by atoms with Crippen LogP contribution in [0.1, 0.15) is 24.1 Å². The third-order valence-electron chi connectivity index (χ3n) is 2.30. The summed E-state index contributed by atoms with van der Waals surface area (Å²) in [6.45, 7) is 2.43. The summed E-state index contributed by atoms with van der Waals surface area (Å²) in [7, 11) is 0. The van der Waals surface area contributed by atoms with Gasteiger partial charge in [0, 0.05) is 24.1 Å². The lowest BCUT2D eigenvalue weighted by atomic mass is 10.0. The van der Waals surface area contributed by atoms with Gasteiger partial charge in [0.25, 0.3) is 0 Å². The number of benzene rings is 1. The maximum Gasteiger partial charge on any atom is 0.131 e. The number of fused-ring (bicyclic) bond motifs is 1. The number of hydrogen-bond acceptors (Lipinski definition) is 2. The number of ether oxygens (including phenoxy) is 1. The zero-order valence-corrected chi connectivity index (χ0v) is 7.51. The van der Waals surface area contributed by atoms with Crippen LogP contribution in [0.15, 0.2) is 12.1 Å². The van der Waals surface area contributed by atoms with Crippen LogP contribution in [0.5, 0.6) is 5.75 Å². The van der Waals surface area contributed by atoms with Gasteiger partial charge in [-0.05, 0) is 18.6 Å². The van der Waals surface area contributed by atoms with Crippen LogP contribution in [0.2, 0.25) is 0 Å². The lowest BCUT2D eigenvalue weighted by Crippen LogP contribution is -2.07. The first-order valence-corrected chi connectivity index (χ1v) is 4.39. The van der Waals surface area contributed by atoms with Gasteiger partial charge in [0.2, 0.25) is 0 Å². The molecule has 0 saturated carbocycles. The largest absolute Gasteiger partial charge is 0.493 e. The zero-order valence-electron chi connectivity index (χ0n) is 7.51. The Morgan fingerprint density at radius 3 is 3.00 bits per heavy atom. The maximum absolute atomic E-state index is 13.3. The van der Waals surface area contributed by atoms with E-state index in [-0.39, 0.29) is 11.9 Å². The molecule has 13 heavy (non-hydrogen) atoms. The molecule has 0 bridgehead atoms. The highest BCUT2D eigenvalue weighted by Crippen LogP contribution is 2.29. The Morgan fingerprint density at radius 1 is 1.54 bits per heavy atom. The summed E-state index contributed by atoms with van der Waals surface area (Å²) in [5.74, 6) is 0.401. The second-order valence-corrected chi connectivity index (χ2v) is 3.37. The Morgan fingerprint density at radius 2 is 2.31 bits per heavy atom. The molecule has 1 aromatic carbocycles. The summed E-state index contributed by atoms with van der Waals surface area (Å²) >= 11 is 0. The smallest absolute Gasteiger partial charge is 0.131 e. The highest BCUT2D eigenvalue weighted by molar-refractivity contribution is 5.41. The Hall–Kier alpha value is -1.09. The Kier molecular flexibility index (Phi) is 1.96. The van der Waals surface area contributed by atoms with Gasteiger partial charge in [-0.15, -0.1) is 0 Å². The molecule has 2 N–H and O–H groups in total. The molecule has 1 heterocycles. The summed E-state index contributed by atoms with van der Waals surface area (Å²) in [6.07, 6.45) is 0.856. The molecule has 0 aliphatic carbocycles. The van der Waals surface area contributed by atoms with Gasteiger partial charge >= 0.3 is 0 Å². The van der Waals surface area contributed by atoms with E-state index in [4.69, 9.17) is 10.5 Å². The van der Waals surface area contributed by atoms with Crippen molar-refractivity contribution in [2.45, 2.75) is 19.4 Å². The fourth-order valence-corrected chi connectivity index (χ4v) is 1.57. The number of halogens is 1. The maximum atomic E-state index is 13.3. The predicted molar refractivity (Wildman–Crippen MR) is 48.2 cm³/mol. The molecule has 2 rings (SSSR count). The summed E-state index contributed by atoms with van der Waals surface area (Å²) in [5, 5.41) is 0. The van der Waals surface area contributed by atoms with Crippen molar-refractivity contribution in [2.75, 3.05) is 6.61 Å². The topological polar surface area (TPSA) is 35.2 Å². The minimum Gasteiger partial charge on any atom is -0.493 e. The van der Waals surface area contributed by atoms with Crippen molar-refractivity contribution in [3.63, 3.8) is 0 Å². The van der Waals surface area contributed by atoms with E-state index in [1.54, 1.807) is 6.92 Å². The molecule has 1 aromatic rings. The van der Waals surface area contributed by atoms with Crippen LogP contribution in [0.4, 0.5) is 4.39 Å². The first-order valence-electron chi connectivity index (χ1n) is 4.39. The van der Waals surface area contributed by atoms with Crippen LogP contribution in [-0.2, 0) is 6.42 Å². The Labute approximate surface area is 76.5 Å². The molecule has 0 fully saturated rings. The van der Waals surface area contributed by atoms with Crippen LogP contribution < -0.4 is 10.5 Å². The second kappa shape index (κ2) is 3.00. The highest BCUT2D eigenvalue weighted by Gasteiger charge is 2.17. The van der Waals surface area contributed by atoms with Crippen molar-refractivity contribution in [3.05, 3.63) is 29.1 Å². The van der Waals surface area contributed by atoms with Crippen LogP contribution in [0, 0.1) is 5.82 Å². The van der Waals surface area contributed by atoms with Gasteiger partial charge in [-0.1, -0.05) is 0 Å². The molecule has 0 unspecified atom stereocenters. The molecule has 2 nitrogen and oxygen atoms in total. The van der Waals surface area contributed by atoms with Gasteiger partial charge < -0.3 is 10.5 Å². The minimum atomic E-state index is -0.268. The number of rotatable bonds is 1. The predicted octanol–water partition coefficient (Wildman–Crippen LogP) is 1.78. The summed E-state index contributed by atoms with van der Waals surface area (Å²) in [5.41, 5.74) is 7.26. The summed E-state index contributed by atoms with van der Waals surface area (Å²) in [4.78, 5) is 0. The van der Waals surface area contributed by atoms with E-state index in [0.717, 1.165) is 12.0 Å². The van der Waals surface area contributed by atoms with E-state index in [9.17, 15) is 4.39 Å². The Balaban J connectivity index is 2.49. The van der Waals surface area contributed by atoms with Crippen molar-refractivity contribution >= 4 is 0 Å². The second-order valence-electron chi connectivity index (χ2n) is 3.37. The first kappa shape index (κ1) is 8.51. The van der Waals surface area contributed by atoms with Crippen molar-refractivity contribution < 1.29 is 9.13 Å². The fourth-order valence-electron chi connectivity index (χ4n) is 1.57. The summed E-state index contributed by atoms with van der Waals surface area (Å²) in [6, 6.07) is 2.98. The molecule has 0 amide bonds. The molecule has 3 heteroatoms. The molecular formula is C10H12FNO. The van der Waals surface area contributed by atoms with Crippen molar-refractivity contribution in [3.8, 4) is 5.75 Å². The molecule has 0 aromatic heterocycles. The monoisotopic (exact) mass is 181 g/mol. The molecule has 1 aliphatic heterocycles. The average molecular weight is 181 g/mol. The minimum absolute atomic E-state index is 0.258. The quantitative estimate of drug-likeness (QED) is 0.716. The van der Waals surface area contributed by atoms with Crippen LogP contribution >= 0.6 is 0 Å². The standard InChI is InChI=1S/C10H12FNO/c1-6(12)8-4-7-2-3-13-10(7)5-9(8)11/h4-6H,2-3,12H2,1H3/t6-/m0/s1. The van der Waals surface area contributed by atoms with Crippen molar-refractivity contribution in [2.24, 2.45) is 5.73 Å².